The minimum absolute atomic E-state index is 0.00766. The molecule has 0 spiro atoms. The van der Waals surface area contributed by atoms with Crippen LogP contribution in [0.25, 0.3) is 0 Å². The van der Waals surface area contributed by atoms with E-state index in [4.69, 9.17) is 18.9 Å². The maximum absolute atomic E-state index is 12.7. The number of carbonyl (C=O) groups is 4. The number of benzene rings is 8. The summed E-state index contributed by atoms with van der Waals surface area (Å²) < 4.78 is 25.3. The third-order valence-electron chi connectivity index (χ3n) is 32.7. The van der Waals surface area contributed by atoms with Crippen LogP contribution in [0.1, 0.15) is 201 Å². The molecule has 8 aromatic rings. The first-order valence-electron chi connectivity index (χ1n) is 48.8. The average molecular weight is 1730 g/mol. The van der Waals surface area contributed by atoms with Crippen LogP contribution in [0.3, 0.4) is 0 Å². The van der Waals surface area contributed by atoms with E-state index < -0.39 is 0 Å². The maximum atomic E-state index is 12.7. The second kappa shape index (κ2) is 34.6. The smallest absolute Gasteiger partial charge is 0.251 e. The lowest BCUT2D eigenvalue weighted by Crippen LogP contribution is -2.50. The van der Waals surface area contributed by atoms with Crippen molar-refractivity contribution in [1.29, 1.82) is 0 Å². The van der Waals surface area contributed by atoms with E-state index in [0.29, 0.717) is 43.1 Å². The Morgan fingerprint density at radius 3 is 0.930 bits per heavy atom. The monoisotopic (exact) mass is 1730 g/mol. The Morgan fingerprint density at radius 2 is 0.589 bits per heavy atom. The Hall–Kier alpha value is -11.8. The van der Waals surface area contributed by atoms with Crippen molar-refractivity contribution in [2.24, 2.45) is 75.9 Å². The molecule has 8 heterocycles. The van der Waals surface area contributed by atoms with Crippen LogP contribution in [-0.2, 0) is 19.2 Å². The molecule has 13 saturated carbocycles. The molecule has 8 aliphatic heterocycles. The third kappa shape index (κ3) is 16.7. The fraction of sp³-hybridized carbons (Fsp3) is 0.450. The van der Waals surface area contributed by atoms with E-state index in [9.17, 15) is 19.2 Å². The zero-order chi connectivity index (χ0) is 86.3. The average Bonchev–Trinajstić information content (AvgIpc) is 1.46. The number of para-hydroxylation sites is 8. The lowest BCUT2D eigenvalue weighted by molar-refractivity contribution is -0.117. The van der Waals surface area contributed by atoms with E-state index in [1.807, 2.05) is 91.0 Å². The van der Waals surface area contributed by atoms with Gasteiger partial charge in [-0.05, 0) is 312 Å². The quantitative estimate of drug-likeness (QED) is 0.0405. The summed E-state index contributed by atoms with van der Waals surface area (Å²) in [5, 5.41) is 40.0. The summed E-state index contributed by atoms with van der Waals surface area (Å²) in [6.07, 6.45) is 33.7. The van der Waals surface area contributed by atoms with E-state index >= 15 is 0 Å². The Labute approximate surface area is 757 Å². The van der Waals surface area contributed by atoms with Gasteiger partial charge >= 0.3 is 0 Å². The molecule has 4 atom stereocenters. The van der Waals surface area contributed by atoms with Crippen LogP contribution >= 0.6 is 0 Å². The number of hydrogen-bond acceptors (Lipinski definition) is 16. The highest BCUT2D eigenvalue weighted by Gasteiger charge is 2.54. The van der Waals surface area contributed by atoms with E-state index in [1.54, 1.807) is 0 Å². The topological polar surface area (TPSA) is 250 Å². The van der Waals surface area contributed by atoms with Crippen molar-refractivity contribution < 1.29 is 38.1 Å². The fourth-order valence-corrected chi connectivity index (χ4v) is 27.8. The molecule has 0 aromatic heterocycles. The molecule has 13 aliphatic carbocycles. The standard InChI is InChI=1S/C29H33N3O2.C28H31N3O2.C27H29N3O2.C25H29N3O2/c33-28-26-25(17-30-28)31-23-3-1-2-4-24(23)32-27(26)21-5-7-22(8-6-21)34-10-9-29-14-18-11-19(15-29)13-20(12-18)16-29;32-27-25-24(15-29-27)30-22-3-1-2-4-23(22)31-26(25)20-5-7-21(8-6-20)33-16-28-12-17-9-18(13-28)11-19(10-17)14-28;31-27-24-23(14-28-27)29-21-3-1-2-4-22(21)30-25(24)17-5-7-20(8-6-17)32-26-18-10-15-9-16(12-18)13-19(26)11-15;29-25-23-22(16-26-25)27-20-8-4-5-9-21(20)28-24(23)18-10-12-19(13-11-18)30-15-14-17-6-2-1-3-7-17/h1-8,18-20,27,31-32H,9-17H2,(H,30,33);1-8,17-19,26,30-31H,9-16H2,(H,29,32);1-8,15-16,18-19,25-26,29-30H,9-14H2,(H,28,31);4-5,8-13,17,24,27-28H,1-3,6-7,14-16H2,(H,26,29). The van der Waals surface area contributed by atoms with Crippen LogP contribution in [0.5, 0.6) is 23.0 Å². The molecule has 0 saturated heterocycles. The summed E-state index contributed by atoms with van der Waals surface area (Å²) >= 11 is 0. The summed E-state index contributed by atoms with van der Waals surface area (Å²) in [5.74, 6) is 13.7. The minimum atomic E-state index is -0.199. The number of anilines is 8. The number of ether oxygens (including phenoxy) is 4. The summed E-state index contributed by atoms with van der Waals surface area (Å²) in [7, 11) is 0. The zero-order valence-corrected chi connectivity index (χ0v) is 73.9. The SMILES string of the molecule is O=C1NCC2=C1C(c1ccc(OC3C4CC5CC(C4)CC3C5)cc1)Nc1ccccc1N2.O=C1NCC2=C1C(c1ccc(OCC34CC5CC(CC(C5)C3)C4)cc1)Nc1ccccc1N2.O=C1NCC2=C1C(c1ccc(OCCC34CC5CC(CC(C5)C3)C4)cc1)Nc1ccccc1N2.O=C1NCC2=C1C(c1ccc(OCCC3CCCCC3)cc1)Nc1ccccc1N2. The molecular weight excluding hydrogens is 1610 g/mol. The number of hydrogen-bond donors (Lipinski definition) is 12. The van der Waals surface area contributed by atoms with Crippen molar-refractivity contribution >= 4 is 69.1 Å². The summed E-state index contributed by atoms with van der Waals surface area (Å²) in [5.41, 5.74) is 20.1. The molecule has 13 fully saturated rings. The predicted octanol–water partition coefficient (Wildman–Crippen LogP) is 20.7. The van der Waals surface area contributed by atoms with Gasteiger partial charge in [-0.1, -0.05) is 129 Å². The number of fused-ring (bicyclic) bond motifs is 4. The Morgan fingerprint density at radius 1 is 0.295 bits per heavy atom. The van der Waals surface area contributed by atoms with Crippen LogP contribution in [0.2, 0.25) is 0 Å². The van der Waals surface area contributed by atoms with Gasteiger partial charge in [-0.15, -0.1) is 0 Å². The molecule has 29 rings (SSSR count). The number of rotatable bonds is 17. The molecule has 129 heavy (non-hydrogen) atoms. The van der Waals surface area contributed by atoms with E-state index in [0.717, 1.165) is 227 Å². The molecule has 20 nitrogen and oxygen atoms in total. The summed E-state index contributed by atoms with van der Waals surface area (Å²) in [6.45, 7) is 4.58. The van der Waals surface area contributed by atoms with Gasteiger partial charge in [0.1, 0.15) is 29.1 Å². The van der Waals surface area contributed by atoms with Crippen LogP contribution in [0.15, 0.2) is 239 Å². The molecule has 666 valence electrons. The largest absolute Gasteiger partial charge is 0.494 e. The first-order chi connectivity index (χ1) is 63.3. The molecule has 0 radical (unpaired) electrons. The Balaban J connectivity index is 0.0000000983. The van der Waals surface area contributed by atoms with Crippen molar-refractivity contribution in [3.05, 3.63) is 261 Å². The van der Waals surface area contributed by atoms with Gasteiger partial charge in [0.15, 0.2) is 0 Å². The first kappa shape index (κ1) is 81.7. The van der Waals surface area contributed by atoms with Gasteiger partial charge in [0.25, 0.3) is 23.6 Å². The van der Waals surface area contributed by atoms with Crippen molar-refractivity contribution in [3.63, 3.8) is 0 Å². The van der Waals surface area contributed by atoms with Crippen molar-refractivity contribution in [3.8, 4) is 23.0 Å². The van der Waals surface area contributed by atoms with Crippen molar-refractivity contribution in [2.45, 2.75) is 184 Å². The number of amides is 4. The minimum Gasteiger partial charge on any atom is -0.494 e. The third-order valence-corrected chi connectivity index (χ3v) is 32.7. The maximum Gasteiger partial charge on any atom is 0.251 e. The second-order valence-electron chi connectivity index (χ2n) is 41.4. The molecule has 12 N–H and O–H groups in total. The predicted molar refractivity (Wildman–Crippen MR) is 507 cm³/mol. The van der Waals surface area contributed by atoms with Crippen molar-refractivity contribution in [2.75, 3.05) is 88.5 Å². The highest BCUT2D eigenvalue weighted by atomic mass is 16.5. The lowest BCUT2D eigenvalue weighted by Gasteiger charge is -2.57. The molecule has 4 unspecified atom stereocenters. The second-order valence-corrected chi connectivity index (χ2v) is 41.4. The molecule has 4 amide bonds. The molecular formula is C109H122N12O8. The normalized spacial score (nSPS) is 30.6. The van der Waals surface area contributed by atoms with Gasteiger partial charge in [-0.3, -0.25) is 19.2 Å². The Bertz CT molecular complexity index is 5640. The highest BCUT2D eigenvalue weighted by molar-refractivity contribution is 6.04. The Kier molecular flexibility index (Phi) is 21.9. The van der Waals surface area contributed by atoms with Gasteiger partial charge in [0.2, 0.25) is 0 Å². The van der Waals surface area contributed by atoms with Crippen LogP contribution in [0, 0.1) is 75.9 Å². The molecule has 21 aliphatic rings. The van der Waals surface area contributed by atoms with E-state index in [-0.39, 0.29) is 47.8 Å². The molecule has 12 bridgehead atoms. The van der Waals surface area contributed by atoms with E-state index in [1.165, 1.54) is 148 Å². The van der Waals surface area contributed by atoms with Crippen molar-refractivity contribution in [1.82, 2.24) is 21.3 Å². The molecule has 8 aromatic carbocycles. The van der Waals surface area contributed by atoms with E-state index in [2.05, 4.69) is 167 Å². The lowest BCUT2D eigenvalue weighted by atomic mass is 9.49. The summed E-state index contributed by atoms with van der Waals surface area (Å²) in [4.78, 5) is 50.7. The van der Waals surface area contributed by atoms with Gasteiger partial charge < -0.3 is 82.7 Å². The van der Waals surface area contributed by atoms with Gasteiger partial charge in [-0.25, -0.2) is 0 Å². The fourth-order valence-electron chi connectivity index (χ4n) is 27.8. The van der Waals surface area contributed by atoms with Crippen LogP contribution in [0.4, 0.5) is 45.5 Å². The zero-order valence-electron chi connectivity index (χ0n) is 73.9. The highest BCUT2D eigenvalue weighted by Crippen LogP contribution is 2.63. The van der Waals surface area contributed by atoms with Gasteiger partial charge in [-0.2, -0.15) is 0 Å². The molecule has 20 heteroatoms. The number of carbonyl (C=O) groups excluding carboxylic acids is 4. The van der Waals surface area contributed by atoms with Crippen LogP contribution in [-0.4, -0.2) is 75.7 Å². The van der Waals surface area contributed by atoms with Gasteiger partial charge in [0, 0.05) is 28.2 Å². The van der Waals surface area contributed by atoms with Crippen LogP contribution < -0.4 is 82.7 Å². The number of nitrogens with one attached hydrogen (secondary N) is 12. The summed E-state index contributed by atoms with van der Waals surface area (Å²) in [6, 6.07) is 64.9. The first-order valence-corrected chi connectivity index (χ1v) is 48.8. The van der Waals surface area contributed by atoms with Gasteiger partial charge in [0.05, 0.1) is 138 Å².